The van der Waals surface area contributed by atoms with E-state index in [4.69, 9.17) is 0 Å². The summed E-state index contributed by atoms with van der Waals surface area (Å²) in [6, 6.07) is 12.0. The standard InChI is InChI=1S/C18H18N4O5/c1-11-16(20-23)10-17(12-2-6-14(7-3-12)21(24)25)19-18(11)13-4-8-15(9-5-13)22(26)27/h2-9,11,17-19,23H,10H2,1H3/b20-16+. The average Bonchev–Trinajstić information content (AvgIpc) is 2.68. The van der Waals surface area contributed by atoms with Gasteiger partial charge in [-0.05, 0) is 11.1 Å². The number of nitrogens with one attached hydrogen (secondary N) is 1. The van der Waals surface area contributed by atoms with Crippen LogP contribution in [0.4, 0.5) is 11.4 Å². The molecule has 9 heteroatoms. The first-order valence-electron chi connectivity index (χ1n) is 8.36. The lowest BCUT2D eigenvalue weighted by atomic mass is 9.81. The summed E-state index contributed by atoms with van der Waals surface area (Å²) in [7, 11) is 0. The van der Waals surface area contributed by atoms with Crippen molar-refractivity contribution in [1.29, 1.82) is 0 Å². The smallest absolute Gasteiger partial charge is 0.269 e. The lowest BCUT2D eigenvalue weighted by Crippen LogP contribution is -2.41. The fourth-order valence-electron chi connectivity index (χ4n) is 3.37. The third-order valence-electron chi connectivity index (χ3n) is 4.92. The first-order valence-corrected chi connectivity index (χ1v) is 8.36. The summed E-state index contributed by atoms with van der Waals surface area (Å²) in [6.45, 7) is 1.92. The number of rotatable bonds is 4. The molecular formula is C18H18N4O5. The van der Waals surface area contributed by atoms with E-state index in [1.54, 1.807) is 24.3 Å². The Bertz CT molecular complexity index is 880. The van der Waals surface area contributed by atoms with Crippen molar-refractivity contribution in [3.05, 3.63) is 79.9 Å². The topological polar surface area (TPSA) is 131 Å². The first kappa shape index (κ1) is 18.5. The molecule has 1 aliphatic heterocycles. The minimum Gasteiger partial charge on any atom is -0.411 e. The molecule has 0 amide bonds. The normalized spacial score (nSPS) is 23.9. The van der Waals surface area contributed by atoms with Crippen LogP contribution in [0.2, 0.25) is 0 Å². The van der Waals surface area contributed by atoms with Gasteiger partial charge in [0.1, 0.15) is 0 Å². The predicted octanol–water partition coefficient (Wildman–Crippen LogP) is 3.75. The number of non-ortho nitro benzene ring substituents is 2. The Balaban J connectivity index is 1.89. The average molecular weight is 370 g/mol. The zero-order valence-electron chi connectivity index (χ0n) is 14.5. The fourth-order valence-corrected chi connectivity index (χ4v) is 3.37. The molecule has 0 spiro atoms. The Morgan fingerprint density at radius 3 is 1.89 bits per heavy atom. The van der Waals surface area contributed by atoms with E-state index in [1.165, 1.54) is 24.3 Å². The quantitative estimate of drug-likeness (QED) is 0.479. The van der Waals surface area contributed by atoms with Crippen LogP contribution in [0.15, 0.2) is 53.7 Å². The van der Waals surface area contributed by atoms with E-state index in [1.807, 2.05) is 6.92 Å². The molecule has 0 radical (unpaired) electrons. The van der Waals surface area contributed by atoms with Crippen LogP contribution in [-0.2, 0) is 0 Å². The van der Waals surface area contributed by atoms with Gasteiger partial charge in [0.05, 0.1) is 15.6 Å². The molecule has 2 aromatic rings. The molecule has 3 rings (SSSR count). The van der Waals surface area contributed by atoms with Crippen LogP contribution in [0.1, 0.15) is 36.6 Å². The molecule has 2 aromatic carbocycles. The maximum absolute atomic E-state index is 10.9. The second kappa shape index (κ2) is 7.50. The minimum absolute atomic E-state index is 0.00480. The largest absolute Gasteiger partial charge is 0.411 e. The van der Waals surface area contributed by atoms with E-state index in [9.17, 15) is 25.4 Å². The molecule has 0 bridgehead atoms. The molecule has 9 nitrogen and oxygen atoms in total. The molecular weight excluding hydrogens is 352 g/mol. The van der Waals surface area contributed by atoms with Crippen LogP contribution in [0, 0.1) is 26.1 Å². The Morgan fingerprint density at radius 1 is 0.963 bits per heavy atom. The Kier molecular flexibility index (Phi) is 5.13. The predicted molar refractivity (Wildman–Crippen MR) is 97.8 cm³/mol. The van der Waals surface area contributed by atoms with Crippen molar-refractivity contribution in [3.63, 3.8) is 0 Å². The van der Waals surface area contributed by atoms with Crippen molar-refractivity contribution in [2.45, 2.75) is 25.4 Å². The second-order valence-electron chi connectivity index (χ2n) is 6.48. The molecule has 0 aromatic heterocycles. The molecule has 3 atom stereocenters. The molecule has 1 aliphatic rings. The molecule has 1 heterocycles. The lowest BCUT2D eigenvalue weighted by molar-refractivity contribution is -0.385. The van der Waals surface area contributed by atoms with Crippen LogP contribution >= 0.6 is 0 Å². The van der Waals surface area contributed by atoms with Gasteiger partial charge < -0.3 is 10.5 Å². The number of nitro groups is 2. The molecule has 1 fully saturated rings. The number of hydrogen-bond donors (Lipinski definition) is 2. The van der Waals surface area contributed by atoms with Gasteiger partial charge in [0, 0.05) is 48.7 Å². The molecule has 0 aliphatic carbocycles. The highest BCUT2D eigenvalue weighted by Gasteiger charge is 2.34. The Morgan fingerprint density at radius 2 is 1.44 bits per heavy atom. The van der Waals surface area contributed by atoms with Crippen molar-refractivity contribution in [2.24, 2.45) is 11.1 Å². The molecule has 140 valence electrons. The van der Waals surface area contributed by atoms with Gasteiger partial charge in [-0.2, -0.15) is 0 Å². The van der Waals surface area contributed by atoms with Gasteiger partial charge >= 0.3 is 0 Å². The van der Waals surface area contributed by atoms with E-state index in [0.29, 0.717) is 12.1 Å². The van der Waals surface area contributed by atoms with Gasteiger partial charge in [0.15, 0.2) is 0 Å². The monoisotopic (exact) mass is 370 g/mol. The number of nitro benzene ring substituents is 2. The number of nitrogens with zero attached hydrogens (tertiary/aromatic N) is 3. The number of hydrogen-bond acceptors (Lipinski definition) is 7. The zero-order valence-corrected chi connectivity index (χ0v) is 14.5. The molecule has 27 heavy (non-hydrogen) atoms. The van der Waals surface area contributed by atoms with Crippen LogP contribution < -0.4 is 5.32 Å². The van der Waals surface area contributed by atoms with Gasteiger partial charge in [-0.1, -0.05) is 36.3 Å². The summed E-state index contributed by atoms with van der Waals surface area (Å²) < 4.78 is 0. The lowest BCUT2D eigenvalue weighted by Gasteiger charge is -2.37. The van der Waals surface area contributed by atoms with Crippen molar-refractivity contribution < 1.29 is 15.1 Å². The molecule has 2 N–H and O–H groups in total. The third-order valence-corrected chi connectivity index (χ3v) is 4.92. The highest BCUT2D eigenvalue weighted by Crippen LogP contribution is 2.36. The summed E-state index contributed by atoms with van der Waals surface area (Å²) in [5, 5.41) is 38.0. The molecule has 3 unspecified atom stereocenters. The van der Waals surface area contributed by atoms with Crippen LogP contribution in [0.25, 0.3) is 0 Å². The van der Waals surface area contributed by atoms with Crippen molar-refractivity contribution in [1.82, 2.24) is 5.32 Å². The van der Waals surface area contributed by atoms with E-state index < -0.39 is 9.85 Å². The molecule has 1 saturated heterocycles. The third kappa shape index (κ3) is 3.77. The Labute approximate surface area is 154 Å². The van der Waals surface area contributed by atoms with Gasteiger partial charge in [0.2, 0.25) is 0 Å². The van der Waals surface area contributed by atoms with E-state index in [0.717, 1.165) is 11.1 Å². The van der Waals surface area contributed by atoms with Crippen molar-refractivity contribution in [2.75, 3.05) is 0 Å². The summed E-state index contributed by atoms with van der Waals surface area (Å²) in [5.41, 5.74) is 2.28. The van der Waals surface area contributed by atoms with Gasteiger partial charge in [-0.25, -0.2) is 0 Å². The number of benzene rings is 2. The van der Waals surface area contributed by atoms with Gasteiger partial charge in [-0.15, -0.1) is 0 Å². The van der Waals surface area contributed by atoms with E-state index in [2.05, 4.69) is 10.5 Å². The van der Waals surface area contributed by atoms with Gasteiger partial charge in [0.25, 0.3) is 11.4 Å². The van der Waals surface area contributed by atoms with E-state index in [-0.39, 0.29) is 29.4 Å². The fraction of sp³-hybridized carbons (Fsp3) is 0.278. The first-order chi connectivity index (χ1) is 12.9. The second-order valence-corrected chi connectivity index (χ2v) is 6.48. The number of piperidine rings is 1. The highest BCUT2D eigenvalue weighted by atomic mass is 16.6. The summed E-state index contributed by atoms with van der Waals surface area (Å²) in [5.74, 6) is -0.120. The maximum atomic E-state index is 10.9. The SMILES string of the molecule is CC1/C(=N/O)CC(c2ccc([N+](=O)[O-])cc2)NC1c1ccc([N+](=O)[O-])cc1. The summed E-state index contributed by atoms with van der Waals surface area (Å²) in [4.78, 5) is 20.8. The van der Waals surface area contributed by atoms with Crippen LogP contribution in [-0.4, -0.2) is 20.8 Å². The van der Waals surface area contributed by atoms with E-state index >= 15 is 0 Å². The minimum atomic E-state index is -0.458. The van der Waals surface area contributed by atoms with Crippen LogP contribution in [0.3, 0.4) is 0 Å². The summed E-state index contributed by atoms with van der Waals surface area (Å²) >= 11 is 0. The van der Waals surface area contributed by atoms with Crippen molar-refractivity contribution in [3.8, 4) is 0 Å². The summed E-state index contributed by atoms with van der Waals surface area (Å²) in [6.07, 6.45) is 0.457. The van der Waals surface area contributed by atoms with Gasteiger partial charge in [-0.3, -0.25) is 20.2 Å². The number of oxime groups is 1. The maximum Gasteiger partial charge on any atom is 0.269 e. The van der Waals surface area contributed by atoms with Crippen molar-refractivity contribution >= 4 is 17.1 Å². The zero-order chi connectivity index (χ0) is 19.6. The molecule has 0 saturated carbocycles. The Hall–Kier alpha value is -3.33. The highest BCUT2D eigenvalue weighted by molar-refractivity contribution is 5.88. The van der Waals surface area contributed by atoms with Crippen LogP contribution in [0.5, 0.6) is 0 Å².